The van der Waals surface area contributed by atoms with Crippen LogP contribution in [0.15, 0.2) is 30.5 Å². The molecular formula is C18H24N2O3. The molecule has 0 aliphatic heterocycles. The van der Waals surface area contributed by atoms with Gasteiger partial charge >= 0.3 is 0 Å². The van der Waals surface area contributed by atoms with Gasteiger partial charge < -0.3 is 20.7 Å². The number of rotatable bonds is 4. The first-order chi connectivity index (χ1) is 11.0. The summed E-state index contributed by atoms with van der Waals surface area (Å²) in [5.74, 6) is 0.753. The van der Waals surface area contributed by atoms with Crippen molar-refractivity contribution in [2.24, 2.45) is 5.73 Å². The number of ether oxygens (including phenoxy) is 1. The molecule has 5 nitrogen and oxygen atoms in total. The molecule has 1 aliphatic rings. The molecule has 0 amide bonds. The predicted octanol–water partition coefficient (Wildman–Crippen LogP) is 1.78. The summed E-state index contributed by atoms with van der Waals surface area (Å²) in [6, 6.07) is 7.71. The van der Waals surface area contributed by atoms with E-state index in [1.807, 2.05) is 24.3 Å². The number of fused-ring (bicyclic) bond motifs is 1. The van der Waals surface area contributed by atoms with Gasteiger partial charge in [0, 0.05) is 24.0 Å². The van der Waals surface area contributed by atoms with Crippen molar-refractivity contribution in [2.45, 2.75) is 49.9 Å². The van der Waals surface area contributed by atoms with Crippen LogP contribution >= 0.6 is 0 Å². The highest BCUT2D eigenvalue weighted by Gasteiger charge is 2.38. The number of hydrogen-bond donors (Lipinski definition) is 3. The molecule has 1 aromatic heterocycles. The lowest BCUT2D eigenvalue weighted by atomic mass is 9.77. The van der Waals surface area contributed by atoms with Gasteiger partial charge in [0.2, 0.25) is 0 Å². The second-order valence-electron chi connectivity index (χ2n) is 6.51. The molecule has 0 radical (unpaired) electrons. The van der Waals surface area contributed by atoms with Gasteiger partial charge in [-0.25, -0.2) is 0 Å². The van der Waals surface area contributed by atoms with E-state index >= 15 is 0 Å². The Labute approximate surface area is 136 Å². The van der Waals surface area contributed by atoms with Crippen LogP contribution < -0.4 is 10.5 Å². The molecule has 1 saturated carbocycles. The number of benzene rings is 1. The van der Waals surface area contributed by atoms with Crippen molar-refractivity contribution in [2.75, 3.05) is 7.11 Å². The van der Waals surface area contributed by atoms with Crippen LogP contribution in [0.4, 0.5) is 0 Å². The van der Waals surface area contributed by atoms with Gasteiger partial charge in [0.05, 0.1) is 24.3 Å². The molecule has 0 saturated heterocycles. The monoisotopic (exact) mass is 316 g/mol. The molecule has 4 N–H and O–H groups in total. The highest BCUT2D eigenvalue weighted by Crippen LogP contribution is 2.33. The minimum absolute atomic E-state index is 0.133. The fourth-order valence-electron chi connectivity index (χ4n) is 3.36. The van der Waals surface area contributed by atoms with Crippen LogP contribution in [0.25, 0.3) is 10.9 Å². The van der Waals surface area contributed by atoms with Gasteiger partial charge in [-0.15, -0.1) is 0 Å². The van der Waals surface area contributed by atoms with E-state index in [9.17, 15) is 10.2 Å². The number of aliphatic hydroxyl groups is 2. The Morgan fingerprint density at radius 1 is 1.35 bits per heavy atom. The third-order valence-electron chi connectivity index (χ3n) is 4.97. The highest BCUT2D eigenvalue weighted by atomic mass is 16.5. The average molecular weight is 316 g/mol. The summed E-state index contributed by atoms with van der Waals surface area (Å²) in [7, 11) is 1.63. The van der Waals surface area contributed by atoms with Crippen LogP contribution in [-0.2, 0) is 6.42 Å². The quantitative estimate of drug-likeness (QED) is 0.800. The molecular weight excluding hydrogens is 292 g/mol. The number of nitrogens with zero attached hydrogens (tertiary/aromatic N) is 1. The molecule has 2 aromatic rings. The fourth-order valence-corrected chi connectivity index (χ4v) is 3.36. The summed E-state index contributed by atoms with van der Waals surface area (Å²) in [5, 5.41) is 22.3. The van der Waals surface area contributed by atoms with E-state index in [4.69, 9.17) is 10.5 Å². The largest absolute Gasteiger partial charge is 0.497 e. The molecule has 1 aliphatic carbocycles. The van der Waals surface area contributed by atoms with Gasteiger partial charge in [-0.2, -0.15) is 0 Å². The lowest BCUT2D eigenvalue weighted by molar-refractivity contribution is -0.0981. The number of aliphatic hydroxyl groups excluding tert-OH is 1. The van der Waals surface area contributed by atoms with Crippen LogP contribution in [0, 0.1) is 0 Å². The molecule has 3 rings (SSSR count). The van der Waals surface area contributed by atoms with Crippen LogP contribution in [0.3, 0.4) is 0 Å². The van der Waals surface area contributed by atoms with Gasteiger partial charge in [0.1, 0.15) is 5.75 Å². The lowest BCUT2D eigenvalue weighted by Crippen LogP contribution is -2.48. The molecule has 1 aromatic carbocycles. The Bertz CT molecular complexity index is 681. The van der Waals surface area contributed by atoms with E-state index in [1.54, 1.807) is 13.3 Å². The van der Waals surface area contributed by atoms with Crippen LogP contribution in [0.5, 0.6) is 5.75 Å². The molecule has 1 fully saturated rings. The third-order valence-corrected chi connectivity index (χ3v) is 4.97. The van der Waals surface area contributed by atoms with E-state index in [0.717, 1.165) is 35.1 Å². The van der Waals surface area contributed by atoms with Gasteiger partial charge in [-0.1, -0.05) is 0 Å². The number of pyridine rings is 1. The minimum Gasteiger partial charge on any atom is -0.497 e. The molecule has 5 heteroatoms. The van der Waals surface area contributed by atoms with E-state index in [-0.39, 0.29) is 6.04 Å². The third kappa shape index (κ3) is 3.32. The maximum absolute atomic E-state index is 10.7. The Morgan fingerprint density at radius 3 is 2.78 bits per heavy atom. The Balaban J connectivity index is 1.86. The molecule has 23 heavy (non-hydrogen) atoms. The van der Waals surface area contributed by atoms with E-state index in [2.05, 4.69) is 4.98 Å². The van der Waals surface area contributed by atoms with Crippen molar-refractivity contribution in [3.05, 3.63) is 36.0 Å². The number of nitrogens with two attached hydrogens (primary N) is 1. The number of methoxy groups -OCH3 is 1. The van der Waals surface area contributed by atoms with Crippen molar-refractivity contribution < 1.29 is 14.9 Å². The lowest BCUT2D eigenvalue weighted by Gasteiger charge is -2.38. The SMILES string of the molecule is COc1ccc2nccc(C[C@H](O)C3(O)CCC(N)CC3)c2c1. The molecule has 0 bridgehead atoms. The topological polar surface area (TPSA) is 88.6 Å². The van der Waals surface area contributed by atoms with Crippen molar-refractivity contribution in [3.63, 3.8) is 0 Å². The van der Waals surface area contributed by atoms with E-state index in [1.165, 1.54) is 0 Å². The first kappa shape index (κ1) is 16.2. The number of hydrogen-bond acceptors (Lipinski definition) is 5. The first-order valence-corrected chi connectivity index (χ1v) is 8.09. The normalized spacial score (nSPS) is 26.2. The maximum Gasteiger partial charge on any atom is 0.119 e. The average Bonchev–Trinajstić information content (AvgIpc) is 2.57. The van der Waals surface area contributed by atoms with Gasteiger partial charge in [-0.05, 0) is 55.5 Å². The van der Waals surface area contributed by atoms with Crippen molar-refractivity contribution in [1.29, 1.82) is 0 Å². The summed E-state index contributed by atoms with van der Waals surface area (Å²) in [6.07, 6.45) is 3.89. The zero-order chi connectivity index (χ0) is 16.4. The van der Waals surface area contributed by atoms with Crippen LogP contribution in [0.1, 0.15) is 31.2 Å². The second kappa shape index (κ2) is 6.43. The highest BCUT2D eigenvalue weighted by molar-refractivity contribution is 5.83. The predicted molar refractivity (Wildman–Crippen MR) is 89.4 cm³/mol. The van der Waals surface area contributed by atoms with Crippen molar-refractivity contribution in [1.82, 2.24) is 4.98 Å². The summed E-state index contributed by atoms with van der Waals surface area (Å²) in [4.78, 5) is 4.35. The van der Waals surface area contributed by atoms with Crippen LogP contribution in [-0.4, -0.2) is 40.1 Å². The molecule has 0 unspecified atom stereocenters. The van der Waals surface area contributed by atoms with E-state index < -0.39 is 11.7 Å². The zero-order valence-electron chi connectivity index (χ0n) is 13.4. The molecule has 124 valence electrons. The van der Waals surface area contributed by atoms with E-state index in [0.29, 0.717) is 19.3 Å². The Morgan fingerprint density at radius 2 is 2.09 bits per heavy atom. The number of aromatic nitrogens is 1. The second-order valence-corrected chi connectivity index (χ2v) is 6.51. The fraction of sp³-hybridized carbons (Fsp3) is 0.500. The summed E-state index contributed by atoms with van der Waals surface area (Å²) >= 11 is 0. The smallest absolute Gasteiger partial charge is 0.119 e. The van der Waals surface area contributed by atoms with Crippen molar-refractivity contribution >= 4 is 10.9 Å². The van der Waals surface area contributed by atoms with Gasteiger partial charge in [0.15, 0.2) is 0 Å². The molecule has 1 heterocycles. The Kier molecular flexibility index (Phi) is 4.53. The van der Waals surface area contributed by atoms with Gasteiger partial charge in [-0.3, -0.25) is 4.98 Å². The Hall–Kier alpha value is -1.69. The molecule has 1 atom stereocenters. The summed E-state index contributed by atoms with van der Waals surface area (Å²) in [5.41, 5.74) is 6.67. The van der Waals surface area contributed by atoms with Gasteiger partial charge in [0.25, 0.3) is 0 Å². The van der Waals surface area contributed by atoms with Crippen LogP contribution in [0.2, 0.25) is 0 Å². The minimum atomic E-state index is -1.05. The standard InChI is InChI=1S/C18H24N2O3/c1-23-14-2-3-16-15(11-14)12(6-9-20-16)10-17(21)18(22)7-4-13(19)5-8-18/h2-3,6,9,11,13,17,21-22H,4-5,7-8,10,19H2,1H3/t13?,17-,18?/m0/s1. The maximum atomic E-state index is 10.7. The van der Waals surface area contributed by atoms with Crippen molar-refractivity contribution in [3.8, 4) is 5.75 Å². The summed E-state index contributed by atoms with van der Waals surface area (Å²) in [6.45, 7) is 0. The molecule has 0 spiro atoms. The first-order valence-electron chi connectivity index (χ1n) is 8.09. The summed E-state index contributed by atoms with van der Waals surface area (Å²) < 4.78 is 5.28. The zero-order valence-corrected chi connectivity index (χ0v) is 13.4.